The summed E-state index contributed by atoms with van der Waals surface area (Å²) in [4.78, 5) is 4.46. The Kier molecular flexibility index (Phi) is 3.97. The number of imidazole rings is 1. The molecule has 1 aromatic heterocycles. The van der Waals surface area contributed by atoms with Crippen molar-refractivity contribution in [2.24, 2.45) is 0 Å². The molecule has 0 bridgehead atoms. The van der Waals surface area contributed by atoms with Crippen molar-refractivity contribution < 1.29 is 0 Å². The van der Waals surface area contributed by atoms with E-state index in [0.29, 0.717) is 0 Å². The number of aryl methyl sites for hydroxylation is 2. The molecule has 2 rings (SSSR count). The maximum absolute atomic E-state index is 6.20. The van der Waals surface area contributed by atoms with E-state index in [1.807, 2.05) is 43.7 Å². The fourth-order valence-corrected chi connectivity index (χ4v) is 2.59. The molecule has 0 aliphatic carbocycles. The summed E-state index contributed by atoms with van der Waals surface area (Å²) in [5.74, 6) is 0.829. The number of nitrogens with zero attached hydrogens (tertiary/aromatic N) is 2. The van der Waals surface area contributed by atoms with E-state index in [0.717, 1.165) is 38.9 Å². The van der Waals surface area contributed by atoms with Crippen molar-refractivity contribution in [1.82, 2.24) is 9.55 Å². The molecule has 0 fully saturated rings. The lowest BCUT2D eigenvalue weighted by molar-refractivity contribution is 1.02. The van der Waals surface area contributed by atoms with Crippen molar-refractivity contribution in [2.45, 2.75) is 20.8 Å². The first kappa shape index (κ1) is 13.4. The van der Waals surface area contributed by atoms with Gasteiger partial charge in [0, 0.05) is 22.2 Å². The molecule has 2 aromatic rings. The summed E-state index contributed by atoms with van der Waals surface area (Å²) in [6, 6.07) is 3.96. The summed E-state index contributed by atoms with van der Waals surface area (Å²) in [6.45, 7) is 6.83. The van der Waals surface area contributed by atoms with Gasteiger partial charge in [-0.2, -0.15) is 0 Å². The van der Waals surface area contributed by atoms with E-state index in [1.165, 1.54) is 0 Å². The van der Waals surface area contributed by atoms with E-state index in [-0.39, 0.29) is 0 Å². The second-order valence-corrected chi connectivity index (χ2v) is 5.42. The second kappa shape index (κ2) is 5.33. The summed E-state index contributed by atoms with van der Waals surface area (Å²) in [5, 5.41) is 4.00. The molecular formula is C13H15BrClN3. The van der Waals surface area contributed by atoms with Crippen LogP contribution in [0.15, 0.2) is 22.8 Å². The minimum Gasteiger partial charge on any atom is -0.356 e. The first-order valence-electron chi connectivity index (χ1n) is 5.78. The van der Waals surface area contributed by atoms with Gasteiger partial charge < -0.3 is 5.32 Å². The van der Waals surface area contributed by atoms with E-state index < -0.39 is 0 Å². The Hall–Kier alpha value is -1.000. The highest BCUT2D eigenvalue weighted by atomic mass is 79.9. The highest BCUT2D eigenvalue weighted by molar-refractivity contribution is 9.10. The maximum Gasteiger partial charge on any atom is 0.207 e. The quantitative estimate of drug-likeness (QED) is 0.908. The third-order valence-electron chi connectivity index (χ3n) is 2.65. The maximum atomic E-state index is 6.20. The number of anilines is 1. The Morgan fingerprint density at radius 2 is 2.11 bits per heavy atom. The average molecular weight is 329 g/mol. The van der Waals surface area contributed by atoms with Crippen LogP contribution in [0.1, 0.15) is 18.2 Å². The normalized spacial score (nSPS) is 10.7. The second-order valence-electron chi connectivity index (χ2n) is 4.16. The SMILES string of the molecule is CCNc1nc(C)cn1-c1cc(Cl)c(C)cc1Br. The molecule has 0 saturated heterocycles. The lowest BCUT2D eigenvalue weighted by Gasteiger charge is -2.12. The largest absolute Gasteiger partial charge is 0.356 e. The lowest BCUT2D eigenvalue weighted by atomic mass is 10.2. The zero-order valence-corrected chi connectivity index (χ0v) is 12.9. The molecule has 1 aromatic carbocycles. The molecule has 96 valence electrons. The molecule has 18 heavy (non-hydrogen) atoms. The summed E-state index contributed by atoms with van der Waals surface area (Å²) < 4.78 is 3.01. The van der Waals surface area contributed by atoms with Crippen LogP contribution >= 0.6 is 27.5 Å². The molecule has 0 aliphatic rings. The molecule has 0 radical (unpaired) electrons. The molecule has 0 atom stereocenters. The van der Waals surface area contributed by atoms with Gasteiger partial charge >= 0.3 is 0 Å². The fourth-order valence-electron chi connectivity index (χ4n) is 1.78. The molecule has 1 heterocycles. The smallest absolute Gasteiger partial charge is 0.207 e. The van der Waals surface area contributed by atoms with Crippen molar-refractivity contribution in [3.8, 4) is 5.69 Å². The van der Waals surface area contributed by atoms with Gasteiger partial charge in [0.25, 0.3) is 0 Å². The minimum absolute atomic E-state index is 0.752. The predicted octanol–water partition coefficient (Wildman–Crippen LogP) is 4.34. The number of benzene rings is 1. The number of hydrogen-bond acceptors (Lipinski definition) is 2. The third-order valence-corrected chi connectivity index (χ3v) is 3.69. The molecule has 0 unspecified atom stereocenters. The van der Waals surface area contributed by atoms with Crippen LogP contribution in [-0.4, -0.2) is 16.1 Å². The van der Waals surface area contributed by atoms with Gasteiger partial charge in [-0.25, -0.2) is 4.98 Å². The van der Waals surface area contributed by atoms with Crippen molar-refractivity contribution >= 4 is 33.5 Å². The van der Waals surface area contributed by atoms with Crippen LogP contribution in [0.2, 0.25) is 5.02 Å². The van der Waals surface area contributed by atoms with E-state index in [4.69, 9.17) is 11.6 Å². The highest BCUT2D eigenvalue weighted by Crippen LogP contribution is 2.30. The zero-order valence-electron chi connectivity index (χ0n) is 10.6. The summed E-state index contributed by atoms with van der Waals surface area (Å²) >= 11 is 9.77. The summed E-state index contributed by atoms with van der Waals surface area (Å²) in [5.41, 5.74) is 3.01. The molecule has 1 N–H and O–H groups in total. The Morgan fingerprint density at radius 1 is 1.39 bits per heavy atom. The number of rotatable bonds is 3. The van der Waals surface area contributed by atoms with Crippen LogP contribution in [0.3, 0.4) is 0 Å². The predicted molar refractivity (Wildman–Crippen MR) is 79.9 cm³/mol. The van der Waals surface area contributed by atoms with Crippen LogP contribution in [0.4, 0.5) is 5.95 Å². The molecule has 0 amide bonds. The van der Waals surface area contributed by atoms with Crippen LogP contribution in [0.5, 0.6) is 0 Å². The van der Waals surface area contributed by atoms with Crippen LogP contribution in [0, 0.1) is 13.8 Å². The Balaban J connectivity index is 2.57. The van der Waals surface area contributed by atoms with Gasteiger partial charge in [-0.05, 0) is 54.4 Å². The van der Waals surface area contributed by atoms with E-state index >= 15 is 0 Å². The third kappa shape index (κ3) is 2.54. The van der Waals surface area contributed by atoms with Crippen molar-refractivity contribution in [3.63, 3.8) is 0 Å². The molecule has 0 saturated carbocycles. The van der Waals surface area contributed by atoms with Gasteiger partial charge in [0.15, 0.2) is 0 Å². The molecular weight excluding hydrogens is 314 g/mol. The van der Waals surface area contributed by atoms with Crippen LogP contribution in [-0.2, 0) is 0 Å². The summed E-state index contributed by atoms with van der Waals surface area (Å²) in [7, 11) is 0. The number of aromatic nitrogens is 2. The van der Waals surface area contributed by atoms with Gasteiger partial charge in [0.1, 0.15) is 0 Å². The number of halogens is 2. The lowest BCUT2D eigenvalue weighted by Crippen LogP contribution is -2.05. The number of hydrogen-bond donors (Lipinski definition) is 1. The Labute approximate surface area is 120 Å². The molecule has 0 aliphatic heterocycles. The average Bonchev–Trinajstić information content (AvgIpc) is 2.65. The van der Waals surface area contributed by atoms with Crippen LogP contribution in [0.25, 0.3) is 5.69 Å². The van der Waals surface area contributed by atoms with E-state index in [2.05, 4.69) is 26.2 Å². The van der Waals surface area contributed by atoms with E-state index in [1.54, 1.807) is 0 Å². The molecule has 3 nitrogen and oxygen atoms in total. The van der Waals surface area contributed by atoms with E-state index in [9.17, 15) is 0 Å². The van der Waals surface area contributed by atoms with Crippen LogP contribution < -0.4 is 5.32 Å². The van der Waals surface area contributed by atoms with Gasteiger partial charge in [0.05, 0.1) is 11.4 Å². The highest BCUT2D eigenvalue weighted by Gasteiger charge is 2.11. The first-order valence-corrected chi connectivity index (χ1v) is 6.96. The summed E-state index contributed by atoms with van der Waals surface area (Å²) in [6.07, 6.45) is 1.99. The minimum atomic E-state index is 0.752. The van der Waals surface area contributed by atoms with Crippen molar-refractivity contribution in [3.05, 3.63) is 39.1 Å². The first-order chi connectivity index (χ1) is 8.52. The standard InChI is InChI=1S/C13H15BrClN3/c1-4-16-13-17-9(3)7-18(13)12-6-11(15)8(2)5-10(12)14/h5-7H,4H2,1-3H3,(H,16,17). The van der Waals surface area contributed by atoms with Crippen molar-refractivity contribution in [2.75, 3.05) is 11.9 Å². The monoisotopic (exact) mass is 327 g/mol. The van der Waals surface area contributed by atoms with Gasteiger partial charge in [-0.3, -0.25) is 4.57 Å². The Morgan fingerprint density at radius 3 is 2.78 bits per heavy atom. The topological polar surface area (TPSA) is 29.9 Å². The van der Waals surface area contributed by atoms with Gasteiger partial charge in [-0.15, -0.1) is 0 Å². The molecule has 0 spiro atoms. The van der Waals surface area contributed by atoms with Gasteiger partial charge in [0.2, 0.25) is 5.95 Å². The Bertz CT molecular complexity index is 578. The molecule has 5 heteroatoms. The fraction of sp³-hybridized carbons (Fsp3) is 0.308. The number of nitrogens with one attached hydrogen (secondary N) is 1. The van der Waals surface area contributed by atoms with Gasteiger partial charge in [-0.1, -0.05) is 11.6 Å². The van der Waals surface area contributed by atoms with Crippen molar-refractivity contribution in [1.29, 1.82) is 0 Å². The zero-order chi connectivity index (χ0) is 13.3.